The summed E-state index contributed by atoms with van der Waals surface area (Å²) in [6, 6.07) is 9.60. The molecule has 3 aromatic rings. The number of hydrogen-bond acceptors (Lipinski definition) is 4. The van der Waals surface area contributed by atoms with Crippen molar-refractivity contribution in [1.82, 2.24) is 14.8 Å². The minimum atomic E-state index is -0.472. The fraction of sp³-hybridized carbons (Fsp3) is 0.211. The molecule has 0 radical (unpaired) electrons. The number of aromatic nitrogens is 3. The summed E-state index contributed by atoms with van der Waals surface area (Å²) in [5.74, 6) is -0.252. The van der Waals surface area contributed by atoms with Gasteiger partial charge in [0.05, 0.1) is 25.4 Å². The molecule has 7 nitrogen and oxygen atoms in total. The summed E-state index contributed by atoms with van der Waals surface area (Å²) in [5.41, 5.74) is 2.90. The lowest BCUT2D eigenvalue weighted by molar-refractivity contribution is 0.0599. The highest BCUT2D eigenvalue weighted by molar-refractivity contribution is 9.10. The third kappa shape index (κ3) is 3.95. The average Bonchev–Trinajstić information content (AvgIpc) is 3.20. The van der Waals surface area contributed by atoms with Gasteiger partial charge in [-0.2, -0.15) is 5.10 Å². The number of amides is 1. The molecule has 0 bridgehead atoms. The van der Waals surface area contributed by atoms with Gasteiger partial charge in [0.1, 0.15) is 11.5 Å². The van der Waals surface area contributed by atoms with Gasteiger partial charge in [-0.25, -0.2) is 9.48 Å². The van der Waals surface area contributed by atoms with E-state index in [1.165, 1.54) is 7.11 Å². The number of anilines is 1. The zero-order chi connectivity index (χ0) is 19.6. The van der Waals surface area contributed by atoms with Gasteiger partial charge >= 0.3 is 5.97 Å². The van der Waals surface area contributed by atoms with Gasteiger partial charge in [-0.1, -0.05) is 28.1 Å². The molecule has 0 saturated heterocycles. The summed E-state index contributed by atoms with van der Waals surface area (Å²) in [4.78, 5) is 27.6. The smallest absolute Gasteiger partial charge is 0.339 e. The molecule has 2 heterocycles. The second-order valence-corrected chi connectivity index (χ2v) is 6.99. The molecule has 1 aromatic carbocycles. The first-order valence-electron chi connectivity index (χ1n) is 8.25. The van der Waals surface area contributed by atoms with Crippen molar-refractivity contribution in [2.45, 2.75) is 20.4 Å². The third-order valence-electron chi connectivity index (χ3n) is 4.26. The summed E-state index contributed by atoms with van der Waals surface area (Å²) in [6.07, 6.45) is 1.63. The number of esters is 1. The number of nitrogens with zero attached hydrogens (tertiary/aromatic N) is 2. The Morgan fingerprint density at radius 3 is 2.59 bits per heavy atom. The van der Waals surface area contributed by atoms with E-state index >= 15 is 0 Å². The highest BCUT2D eigenvalue weighted by Crippen LogP contribution is 2.20. The average molecular weight is 431 g/mol. The molecular weight excluding hydrogens is 412 g/mol. The van der Waals surface area contributed by atoms with Crippen LogP contribution in [0.2, 0.25) is 0 Å². The molecule has 27 heavy (non-hydrogen) atoms. The van der Waals surface area contributed by atoms with E-state index in [-0.39, 0.29) is 5.91 Å². The molecule has 0 spiro atoms. The first-order chi connectivity index (χ1) is 12.9. The SMILES string of the molecule is COC(=O)c1c(C)[nH]c(C(=O)Nc2ccnn2Cc2ccc(Br)cc2)c1C. The maximum atomic E-state index is 12.7. The van der Waals surface area contributed by atoms with Crippen molar-refractivity contribution in [3.63, 3.8) is 0 Å². The predicted octanol–water partition coefficient (Wildman–Crippen LogP) is 3.68. The zero-order valence-corrected chi connectivity index (χ0v) is 16.8. The van der Waals surface area contributed by atoms with Crippen LogP contribution in [0.15, 0.2) is 41.0 Å². The zero-order valence-electron chi connectivity index (χ0n) is 15.2. The number of hydrogen-bond donors (Lipinski definition) is 2. The van der Waals surface area contributed by atoms with Crippen LogP contribution in [0.5, 0.6) is 0 Å². The molecule has 0 unspecified atom stereocenters. The first-order valence-corrected chi connectivity index (χ1v) is 9.05. The molecule has 1 amide bonds. The molecule has 0 aliphatic rings. The van der Waals surface area contributed by atoms with Gasteiger partial charge in [0.25, 0.3) is 5.91 Å². The van der Waals surface area contributed by atoms with Gasteiger partial charge in [0, 0.05) is 16.2 Å². The summed E-state index contributed by atoms with van der Waals surface area (Å²) in [5, 5.41) is 7.12. The summed E-state index contributed by atoms with van der Waals surface area (Å²) >= 11 is 3.41. The number of ether oxygens (including phenoxy) is 1. The van der Waals surface area contributed by atoms with E-state index < -0.39 is 5.97 Å². The van der Waals surface area contributed by atoms with Gasteiger partial charge in [0.2, 0.25) is 0 Å². The lowest BCUT2D eigenvalue weighted by atomic mass is 10.1. The number of benzene rings is 1. The van der Waals surface area contributed by atoms with Crippen LogP contribution in [0.25, 0.3) is 0 Å². The number of aromatic amines is 1. The molecule has 2 N–H and O–H groups in total. The number of H-pyrrole nitrogens is 1. The molecular formula is C19H19BrN4O3. The van der Waals surface area contributed by atoms with E-state index in [1.807, 2.05) is 24.3 Å². The van der Waals surface area contributed by atoms with E-state index in [2.05, 4.69) is 31.3 Å². The van der Waals surface area contributed by atoms with Gasteiger partial charge in [-0.15, -0.1) is 0 Å². The lowest BCUT2D eigenvalue weighted by Crippen LogP contribution is -2.17. The molecule has 8 heteroatoms. The number of rotatable bonds is 5. The Bertz CT molecular complexity index is 989. The second-order valence-electron chi connectivity index (χ2n) is 6.07. The van der Waals surface area contributed by atoms with Gasteiger partial charge in [-0.05, 0) is 37.1 Å². The molecule has 140 valence electrons. The highest BCUT2D eigenvalue weighted by atomic mass is 79.9. The van der Waals surface area contributed by atoms with Crippen molar-refractivity contribution < 1.29 is 14.3 Å². The summed E-state index contributed by atoms with van der Waals surface area (Å²) in [7, 11) is 1.31. The molecule has 2 aromatic heterocycles. The monoisotopic (exact) mass is 430 g/mol. The highest BCUT2D eigenvalue weighted by Gasteiger charge is 2.23. The summed E-state index contributed by atoms with van der Waals surface area (Å²) in [6.45, 7) is 3.96. The normalized spacial score (nSPS) is 10.7. The second kappa shape index (κ2) is 7.79. The number of aryl methyl sites for hydroxylation is 1. The minimum absolute atomic E-state index is 0.323. The van der Waals surface area contributed by atoms with Crippen molar-refractivity contribution in [3.05, 3.63) is 69.1 Å². The number of nitrogens with one attached hydrogen (secondary N) is 2. The Morgan fingerprint density at radius 2 is 1.93 bits per heavy atom. The van der Waals surface area contributed by atoms with Crippen LogP contribution in [0, 0.1) is 13.8 Å². The Labute approximate surface area is 164 Å². The van der Waals surface area contributed by atoms with Gasteiger partial charge in [-0.3, -0.25) is 4.79 Å². The van der Waals surface area contributed by atoms with Crippen molar-refractivity contribution in [2.24, 2.45) is 0 Å². The van der Waals surface area contributed by atoms with Crippen LogP contribution in [0.3, 0.4) is 0 Å². The van der Waals surface area contributed by atoms with E-state index in [1.54, 1.807) is 30.8 Å². The maximum Gasteiger partial charge on any atom is 0.339 e. The Morgan fingerprint density at radius 1 is 1.22 bits per heavy atom. The molecule has 0 fully saturated rings. The predicted molar refractivity (Wildman–Crippen MR) is 105 cm³/mol. The van der Waals surface area contributed by atoms with E-state index in [0.29, 0.717) is 34.9 Å². The quantitative estimate of drug-likeness (QED) is 0.604. The lowest BCUT2D eigenvalue weighted by Gasteiger charge is -2.09. The minimum Gasteiger partial charge on any atom is -0.465 e. The van der Waals surface area contributed by atoms with Crippen molar-refractivity contribution in [3.8, 4) is 0 Å². The standard InChI is InChI=1S/C19H19BrN4O3/c1-11-16(19(26)27-3)12(2)22-17(11)18(25)23-15-8-9-21-24(15)10-13-4-6-14(20)7-5-13/h4-9,22H,10H2,1-3H3,(H,23,25). The van der Waals surface area contributed by atoms with E-state index in [0.717, 1.165) is 10.0 Å². The summed E-state index contributed by atoms with van der Waals surface area (Å²) < 4.78 is 7.48. The first kappa shape index (κ1) is 18.9. The topological polar surface area (TPSA) is 89.0 Å². The Balaban J connectivity index is 1.81. The molecule has 0 atom stereocenters. The molecule has 0 aliphatic carbocycles. The fourth-order valence-corrected chi connectivity index (χ4v) is 3.16. The van der Waals surface area contributed by atoms with E-state index in [9.17, 15) is 9.59 Å². The van der Waals surface area contributed by atoms with Crippen LogP contribution >= 0.6 is 15.9 Å². The van der Waals surface area contributed by atoms with Crippen LogP contribution in [-0.4, -0.2) is 33.8 Å². The Kier molecular flexibility index (Phi) is 5.46. The molecule has 0 saturated carbocycles. The van der Waals surface area contributed by atoms with Crippen LogP contribution in [-0.2, 0) is 11.3 Å². The van der Waals surface area contributed by atoms with Gasteiger partial charge in [0.15, 0.2) is 0 Å². The Hall–Kier alpha value is -2.87. The fourth-order valence-electron chi connectivity index (χ4n) is 2.89. The largest absolute Gasteiger partial charge is 0.465 e. The molecule has 3 rings (SSSR count). The van der Waals surface area contributed by atoms with Crippen molar-refractivity contribution in [2.75, 3.05) is 12.4 Å². The number of halogens is 1. The number of carbonyl (C=O) groups excluding carboxylic acids is 2. The van der Waals surface area contributed by atoms with Gasteiger partial charge < -0.3 is 15.0 Å². The van der Waals surface area contributed by atoms with Crippen molar-refractivity contribution >= 4 is 33.6 Å². The molecule has 0 aliphatic heterocycles. The maximum absolute atomic E-state index is 12.7. The van der Waals surface area contributed by atoms with Crippen LogP contribution in [0.4, 0.5) is 5.82 Å². The van der Waals surface area contributed by atoms with Crippen LogP contribution < -0.4 is 5.32 Å². The number of carbonyl (C=O) groups is 2. The van der Waals surface area contributed by atoms with Crippen molar-refractivity contribution in [1.29, 1.82) is 0 Å². The third-order valence-corrected chi connectivity index (χ3v) is 4.79. The van der Waals surface area contributed by atoms with E-state index in [4.69, 9.17) is 4.74 Å². The number of methoxy groups -OCH3 is 1. The van der Waals surface area contributed by atoms with Crippen LogP contribution in [0.1, 0.15) is 37.7 Å².